The summed E-state index contributed by atoms with van der Waals surface area (Å²) in [6.45, 7) is 6.53. The third-order valence-electron chi connectivity index (χ3n) is 2.83. The van der Waals surface area contributed by atoms with Gasteiger partial charge in [-0.2, -0.15) is 0 Å². The maximum Gasteiger partial charge on any atom is 0.205 e. The highest BCUT2D eigenvalue weighted by Crippen LogP contribution is 2.42. The summed E-state index contributed by atoms with van der Waals surface area (Å²) in [4.78, 5) is 2.22. The molecule has 0 bridgehead atoms. The Hall–Kier alpha value is -0.680. The van der Waals surface area contributed by atoms with E-state index in [-0.39, 0.29) is 5.41 Å². The van der Waals surface area contributed by atoms with E-state index in [0.29, 0.717) is 5.92 Å². The molecule has 0 atom stereocenters. The lowest BCUT2D eigenvalue weighted by atomic mass is 9.93. The van der Waals surface area contributed by atoms with Gasteiger partial charge in [-0.15, -0.1) is 10.2 Å². The first kappa shape index (κ1) is 12.8. The summed E-state index contributed by atoms with van der Waals surface area (Å²) < 4.78 is 0. The maximum atomic E-state index is 4.24. The fourth-order valence-corrected chi connectivity index (χ4v) is 2.94. The van der Waals surface area contributed by atoms with Crippen molar-refractivity contribution < 1.29 is 0 Å². The quantitative estimate of drug-likeness (QED) is 0.846. The summed E-state index contributed by atoms with van der Waals surface area (Å²) >= 11 is 1.72. The lowest BCUT2D eigenvalue weighted by molar-refractivity contribution is 0.254. The van der Waals surface area contributed by atoms with Gasteiger partial charge in [-0.05, 0) is 32.4 Å². The second-order valence-corrected chi connectivity index (χ2v) is 6.98. The van der Waals surface area contributed by atoms with Crippen molar-refractivity contribution in [2.45, 2.75) is 32.6 Å². The highest BCUT2D eigenvalue weighted by Gasteiger charge is 2.27. The summed E-state index contributed by atoms with van der Waals surface area (Å²) in [6, 6.07) is 0. The highest BCUT2D eigenvalue weighted by molar-refractivity contribution is 7.15. The molecule has 0 aromatic carbocycles. The Bertz CT molecular complexity index is 368. The van der Waals surface area contributed by atoms with Gasteiger partial charge < -0.3 is 10.2 Å². The molecular formula is C12H22N4S. The molecular weight excluding hydrogens is 232 g/mol. The molecule has 1 aliphatic carbocycles. The van der Waals surface area contributed by atoms with Crippen LogP contribution in [0.4, 0.5) is 5.13 Å². The van der Waals surface area contributed by atoms with Crippen LogP contribution in [0.15, 0.2) is 0 Å². The van der Waals surface area contributed by atoms with Gasteiger partial charge in [0.05, 0.1) is 0 Å². The normalized spacial score (nSPS) is 16.5. The number of rotatable bonds is 6. The van der Waals surface area contributed by atoms with Crippen LogP contribution in [0.2, 0.25) is 0 Å². The Morgan fingerprint density at radius 3 is 2.65 bits per heavy atom. The molecule has 2 rings (SSSR count). The Labute approximate surface area is 107 Å². The second-order valence-electron chi connectivity index (χ2n) is 5.98. The van der Waals surface area contributed by atoms with Crippen LogP contribution in [-0.2, 0) is 0 Å². The number of nitrogens with one attached hydrogen (secondary N) is 1. The number of hydrogen-bond acceptors (Lipinski definition) is 5. The van der Waals surface area contributed by atoms with Crippen molar-refractivity contribution in [2.75, 3.05) is 32.5 Å². The minimum absolute atomic E-state index is 0.245. The molecule has 0 radical (unpaired) electrons. The number of aromatic nitrogens is 2. The fourth-order valence-electron chi connectivity index (χ4n) is 2.03. The van der Waals surface area contributed by atoms with Crippen LogP contribution in [0.5, 0.6) is 0 Å². The van der Waals surface area contributed by atoms with Crippen molar-refractivity contribution in [1.29, 1.82) is 0 Å². The molecule has 1 aliphatic rings. The topological polar surface area (TPSA) is 41.0 Å². The SMILES string of the molecule is CN(C)CC(C)(C)CNc1nnc(C2CC2)s1. The van der Waals surface area contributed by atoms with Crippen LogP contribution in [0.1, 0.15) is 37.6 Å². The van der Waals surface area contributed by atoms with E-state index >= 15 is 0 Å². The van der Waals surface area contributed by atoms with Gasteiger partial charge in [0.15, 0.2) is 0 Å². The molecule has 0 amide bonds. The van der Waals surface area contributed by atoms with Gasteiger partial charge in [-0.3, -0.25) is 0 Å². The van der Waals surface area contributed by atoms with Crippen molar-refractivity contribution in [3.8, 4) is 0 Å². The van der Waals surface area contributed by atoms with Crippen molar-refractivity contribution in [2.24, 2.45) is 5.41 Å². The molecule has 1 fully saturated rings. The van der Waals surface area contributed by atoms with Crippen LogP contribution in [-0.4, -0.2) is 42.3 Å². The van der Waals surface area contributed by atoms with Crippen LogP contribution >= 0.6 is 11.3 Å². The molecule has 4 nitrogen and oxygen atoms in total. The van der Waals surface area contributed by atoms with Crippen molar-refractivity contribution in [3.05, 3.63) is 5.01 Å². The van der Waals surface area contributed by atoms with E-state index in [1.54, 1.807) is 11.3 Å². The molecule has 1 N–H and O–H groups in total. The molecule has 0 saturated heterocycles. The Morgan fingerprint density at radius 1 is 1.35 bits per heavy atom. The van der Waals surface area contributed by atoms with E-state index in [1.165, 1.54) is 17.8 Å². The monoisotopic (exact) mass is 254 g/mol. The van der Waals surface area contributed by atoms with Crippen molar-refractivity contribution in [3.63, 3.8) is 0 Å². The zero-order chi connectivity index (χ0) is 12.5. The average Bonchev–Trinajstić information content (AvgIpc) is 2.94. The van der Waals surface area contributed by atoms with Crippen molar-refractivity contribution in [1.82, 2.24) is 15.1 Å². The van der Waals surface area contributed by atoms with Gasteiger partial charge in [0.1, 0.15) is 5.01 Å². The van der Waals surface area contributed by atoms with E-state index in [9.17, 15) is 0 Å². The van der Waals surface area contributed by atoms with E-state index in [0.717, 1.165) is 18.2 Å². The third-order valence-corrected chi connectivity index (χ3v) is 3.87. The first-order chi connectivity index (χ1) is 7.96. The summed E-state index contributed by atoms with van der Waals surface area (Å²) in [6.07, 6.45) is 2.58. The molecule has 0 unspecified atom stereocenters. The zero-order valence-electron chi connectivity index (χ0n) is 11.2. The summed E-state index contributed by atoms with van der Waals surface area (Å²) in [5.74, 6) is 0.706. The van der Waals surface area contributed by atoms with Crippen molar-refractivity contribution >= 4 is 16.5 Å². The fraction of sp³-hybridized carbons (Fsp3) is 0.833. The Balaban J connectivity index is 1.83. The van der Waals surface area contributed by atoms with Crippen LogP contribution in [0.3, 0.4) is 0 Å². The largest absolute Gasteiger partial charge is 0.359 e. The predicted molar refractivity (Wildman–Crippen MR) is 72.7 cm³/mol. The smallest absolute Gasteiger partial charge is 0.205 e. The standard InChI is InChI=1S/C12H22N4S/c1-12(2,8-16(3)4)7-13-11-15-14-10(17-11)9-5-6-9/h9H,5-8H2,1-4H3,(H,13,15). The van der Waals surface area contributed by atoms with Crippen LogP contribution in [0.25, 0.3) is 0 Å². The lowest BCUT2D eigenvalue weighted by Crippen LogP contribution is -2.34. The van der Waals surface area contributed by atoms with Gasteiger partial charge in [0, 0.05) is 19.0 Å². The van der Waals surface area contributed by atoms with Crippen LogP contribution in [0, 0.1) is 5.41 Å². The summed E-state index contributed by atoms with van der Waals surface area (Å²) in [5.41, 5.74) is 0.245. The van der Waals surface area contributed by atoms with E-state index in [4.69, 9.17) is 0 Å². The van der Waals surface area contributed by atoms with Gasteiger partial charge in [-0.1, -0.05) is 25.2 Å². The van der Waals surface area contributed by atoms with Gasteiger partial charge in [-0.25, -0.2) is 0 Å². The Kier molecular flexibility index (Phi) is 3.68. The second kappa shape index (κ2) is 4.90. The molecule has 1 aromatic heterocycles. The molecule has 1 aromatic rings. The highest BCUT2D eigenvalue weighted by atomic mass is 32.1. The molecule has 96 valence electrons. The molecule has 0 aliphatic heterocycles. The number of anilines is 1. The minimum atomic E-state index is 0.245. The molecule has 1 saturated carbocycles. The first-order valence-electron chi connectivity index (χ1n) is 6.18. The molecule has 0 spiro atoms. The van der Waals surface area contributed by atoms with Gasteiger partial charge in [0.2, 0.25) is 5.13 Å². The average molecular weight is 254 g/mol. The van der Waals surface area contributed by atoms with E-state index in [2.05, 4.69) is 48.4 Å². The van der Waals surface area contributed by atoms with Crippen LogP contribution < -0.4 is 5.32 Å². The lowest BCUT2D eigenvalue weighted by Gasteiger charge is -2.28. The molecule has 1 heterocycles. The molecule has 5 heteroatoms. The van der Waals surface area contributed by atoms with Gasteiger partial charge >= 0.3 is 0 Å². The molecule has 17 heavy (non-hydrogen) atoms. The van der Waals surface area contributed by atoms with E-state index in [1.807, 2.05) is 0 Å². The predicted octanol–water partition coefficient (Wildman–Crippen LogP) is 2.42. The Morgan fingerprint density at radius 2 is 2.06 bits per heavy atom. The summed E-state index contributed by atoms with van der Waals surface area (Å²) in [5, 5.41) is 14.0. The van der Waals surface area contributed by atoms with E-state index < -0.39 is 0 Å². The number of hydrogen-bond donors (Lipinski definition) is 1. The third kappa shape index (κ3) is 3.92. The number of nitrogens with zero attached hydrogens (tertiary/aromatic N) is 3. The zero-order valence-corrected chi connectivity index (χ0v) is 12.0. The first-order valence-corrected chi connectivity index (χ1v) is 7.00. The maximum absolute atomic E-state index is 4.24. The minimum Gasteiger partial charge on any atom is -0.359 e. The summed E-state index contributed by atoms with van der Waals surface area (Å²) in [7, 11) is 4.22. The van der Waals surface area contributed by atoms with Gasteiger partial charge in [0.25, 0.3) is 0 Å².